The van der Waals surface area contributed by atoms with Crippen molar-refractivity contribution in [2.75, 3.05) is 6.54 Å². The summed E-state index contributed by atoms with van der Waals surface area (Å²) in [7, 11) is 0. The quantitative estimate of drug-likeness (QED) is 0.100. The van der Waals surface area contributed by atoms with Crippen molar-refractivity contribution < 1.29 is 0 Å². The number of pyridine rings is 1. The fourth-order valence-corrected chi connectivity index (χ4v) is 8.13. The second-order valence-corrected chi connectivity index (χ2v) is 13.9. The summed E-state index contributed by atoms with van der Waals surface area (Å²) < 4.78 is 0. The Labute approximate surface area is 311 Å². The zero-order valence-corrected chi connectivity index (χ0v) is 33.9. The first-order chi connectivity index (χ1) is 24.4. The molecule has 4 heteroatoms. The normalized spacial score (nSPS) is 15.1. The van der Waals surface area contributed by atoms with Gasteiger partial charge in [0.2, 0.25) is 6.71 Å². The summed E-state index contributed by atoms with van der Waals surface area (Å²) in [6.07, 6.45) is 19.3. The SMILES string of the molecule is C=C(C)/C(B(c1c(C)cc(C)c(CC=N/C=C\C)c1C)c1c(C)cc(C)c(/C2=C/NC/C=C\CC2)c1C)=C(/C)C(=C(C)C)c1cccnc1.CC. The predicted octanol–water partition coefficient (Wildman–Crippen LogP) is 10.9. The smallest absolute Gasteiger partial charge is 0.243 e. The maximum Gasteiger partial charge on any atom is 0.243 e. The van der Waals surface area contributed by atoms with E-state index < -0.39 is 0 Å². The molecule has 268 valence electrons. The molecule has 3 aromatic rings. The van der Waals surface area contributed by atoms with E-state index in [1.165, 1.54) is 83.2 Å². The summed E-state index contributed by atoms with van der Waals surface area (Å²) in [5, 5.41) is 3.55. The van der Waals surface area contributed by atoms with Gasteiger partial charge in [-0.05, 0) is 140 Å². The number of aryl methyl sites for hydroxylation is 4. The van der Waals surface area contributed by atoms with Crippen LogP contribution in [0.4, 0.5) is 0 Å². The van der Waals surface area contributed by atoms with E-state index >= 15 is 0 Å². The summed E-state index contributed by atoms with van der Waals surface area (Å²) >= 11 is 0. The van der Waals surface area contributed by atoms with Gasteiger partial charge in [-0.15, -0.1) is 0 Å². The molecular formula is C47H62BN3. The Hall–Kier alpha value is -4.44. The Balaban J connectivity index is 0.00000345. The van der Waals surface area contributed by atoms with Crippen LogP contribution in [0.3, 0.4) is 0 Å². The van der Waals surface area contributed by atoms with Gasteiger partial charge < -0.3 is 5.32 Å². The van der Waals surface area contributed by atoms with Crippen molar-refractivity contribution in [3.63, 3.8) is 0 Å². The second-order valence-electron chi connectivity index (χ2n) is 13.9. The van der Waals surface area contributed by atoms with Crippen molar-refractivity contribution >= 4 is 35.0 Å². The number of allylic oxidation sites excluding steroid dienone is 8. The lowest BCUT2D eigenvalue weighted by molar-refractivity contribution is 0.935. The fourth-order valence-electron chi connectivity index (χ4n) is 8.13. The minimum absolute atomic E-state index is 0.0308. The van der Waals surface area contributed by atoms with E-state index in [1.807, 2.05) is 57.7 Å². The molecule has 0 unspecified atom stereocenters. The maximum atomic E-state index is 4.71. The zero-order valence-electron chi connectivity index (χ0n) is 33.9. The Bertz CT molecular complexity index is 1890. The molecule has 0 saturated heterocycles. The number of nitrogens with zero attached hydrogens (tertiary/aromatic N) is 2. The average molecular weight is 680 g/mol. The van der Waals surface area contributed by atoms with Crippen molar-refractivity contribution in [1.29, 1.82) is 0 Å². The van der Waals surface area contributed by atoms with Gasteiger partial charge in [0, 0.05) is 49.5 Å². The number of nitrogens with one attached hydrogen (secondary N) is 1. The number of aromatic nitrogens is 1. The lowest BCUT2D eigenvalue weighted by Crippen LogP contribution is -2.50. The number of hydrogen-bond acceptors (Lipinski definition) is 3. The Morgan fingerprint density at radius 1 is 0.922 bits per heavy atom. The van der Waals surface area contributed by atoms with Crippen molar-refractivity contribution in [1.82, 2.24) is 10.3 Å². The van der Waals surface area contributed by atoms with Crippen LogP contribution in [-0.4, -0.2) is 24.5 Å². The molecule has 0 bridgehead atoms. The summed E-state index contributed by atoms with van der Waals surface area (Å²) in [4.78, 5) is 9.08. The van der Waals surface area contributed by atoms with Gasteiger partial charge in [0.05, 0.1) is 0 Å². The van der Waals surface area contributed by atoms with Crippen LogP contribution in [0.5, 0.6) is 0 Å². The third kappa shape index (κ3) is 9.47. The van der Waals surface area contributed by atoms with Crippen molar-refractivity contribution in [2.24, 2.45) is 4.99 Å². The summed E-state index contributed by atoms with van der Waals surface area (Å²) in [5.74, 6) is 0. The molecular weight excluding hydrogens is 617 g/mol. The van der Waals surface area contributed by atoms with Crippen LogP contribution in [0.2, 0.25) is 0 Å². The van der Waals surface area contributed by atoms with E-state index in [4.69, 9.17) is 6.58 Å². The van der Waals surface area contributed by atoms with Crippen LogP contribution in [0.25, 0.3) is 11.1 Å². The van der Waals surface area contributed by atoms with Crippen LogP contribution in [0.1, 0.15) is 111 Å². The molecule has 0 radical (unpaired) electrons. The van der Waals surface area contributed by atoms with E-state index in [2.05, 4.69) is 121 Å². The van der Waals surface area contributed by atoms with Gasteiger partial charge in [0.15, 0.2) is 0 Å². The van der Waals surface area contributed by atoms with Gasteiger partial charge in [-0.2, -0.15) is 0 Å². The standard InChI is InChI=1S/C45H56BN3.C2H6/c1-13-21-47-24-20-40-31(6)25-33(8)44(35(40)10)46(43(30(4)5)36(11)41(29(2)3)38-19-17-23-49-27-38)45-34(9)26-32(7)42(37(45)12)39-18-15-14-16-22-48-28-39;1-2/h13-14,16-17,19,21,23-28,48H,4,15,18,20,22H2,1-3,5-12H3;1-2H3/b16-14-,21-13-,39-28+,43-36+,47-24?;. The van der Waals surface area contributed by atoms with Crippen molar-refractivity contribution in [3.05, 3.63) is 146 Å². The predicted molar refractivity (Wildman–Crippen MR) is 229 cm³/mol. The van der Waals surface area contributed by atoms with Crippen LogP contribution >= 0.6 is 0 Å². The number of rotatable bonds is 10. The third-order valence-electron chi connectivity index (χ3n) is 9.99. The van der Waals surface area contributed by atoms with Gasteiger partial charge >= 0.3 is 0 Å². The Morgan fingerprint density at radius 2 is 1.59 bits per heavy atom. The highest BCUT2D eigenvalue weighted by Gasteiger charge is 2.34. The van der Waals surface area contributed by atoms with E-state index in [-0.39, 0.29) is 6.71 Å². The fraction of sp³-hybridized carbons (Fsp3) is 0.362. The molecule has 3 nitrogen and oxygen atoms in total. The van der Waals surface area contributed by atoms with Crippen LogP contribution in [0.15, 0.2) is 101 Å². The van der Waals surface area contributed by atoms with Gasteiger partial charge in [-0.3, -0.25) is 9.98 Å². The molecule has 0 aliphatic carbocycles. The molecule has 1 aromatic heterocycles. The van der Waals surface area contributed by atoms with Gasteiger partial charge in [-0.1, -0.05) is 101 Å². The van der Waals surface area contributed by atoms with Crippen molar-refractivity contribution in [3.8, 4) is 0 Å². The second kappa shape index (κ2) is 19.2. The van der Waals surface area contributed by atoms with Crippen molar-refractivity contribution in [2.45, 2.75) is 109 Å². The van der Waals surface area contributed by atoms with Crippen LogP contribution in [0, 0.1) is 41.5 Å². The molecule has 51 heavy (non-hydrogen) atoms. The maximum absolute atomic E-state index is 4.71. The van der Waals surface area contributed by atoms with Crippen LogP contribution < -0.4 is 16.2 Å². The molecule has 1 N–H and O–H groups in total. The summed E-state index contributed by atoms with van der Waals surface area (Å²) in [6.45, 7) is 34.2. The molecule has 4 rings (SSSR count). The van der Waals surface area contributed by atoms with Gasteiger partial charge in [0.1, 0.15) is 0 Å². The monoisotopic (exact) mass is 680 g/mol. The Morgan fingerprint density at radius 3 is 2.20 bits per heavy atom. The lowest BCUT2D eigenvalue weighted by Gasteiger charge is -2.31. The first-order valence-corrected chi connectivity index (χ1v) is 18.8. The third-order valence-corrected chi connectivity index (χ3v) is 9.99. The molecule has 0 atom stereocenters. The van der Waals surface area contributed by atoms with E-state index in [9.17, 15) is 0 Å². The molecule has 1 aliphatic rings. The topological polar surface area (TPSA) is 37.3 Å². The Kier molecular flexibility index (Phi) is 15.5. The summed E-state index contributed by atoms with van der Waals surface area (Å²) in [5.41, 5.74) is 22.0. The molecule has 0 amide bonds. The van der Waals surface area contributed by atoms with Gasteiger partial charge in [-0.25, -0.2) is 0 Å². The number of aliphatic imine (C=N–C) groups is 1. The highest BCUT2D eigenvalue weighted by Crippen LogP contribution is 2.35. The highest BCUT2D eigenvalue weighted by molar-refractivity contribution is 6.93. The van der Waals surface area contributed by atoms with Crippen LogP contribution in [-0.2, 0) is 6.42 Å². The molecule has 2 aromatic carbocycles. The molecule has 2 heterocycles. The molecule has 0 spiro atoms. The lowest BCUT2D eigenvalue weighted by atomic mass is 9.31. The number of hydrogen-bond donors (Lipinski definition) is 1. The average Bonchev–Trinajstić information content (AvgIpc) is 3.06. The van der Waals surface area contributed by atoms with E-state index in [0.717, 1.165) is 36.9 Å². The van der Waals surface area contributed by atoms with E-state index in [1.54, 1.807) is 0 Å². The molecule has 0 saturated carbocycles. The molecule has 0 fully saturated rings. The minimum atomic E-state index is -0.0308. The number of benzene rings is 2. The van der Waals surface area contributed by atoms with Gasteiger partial charge in [0.25, 0.3) is 0 Å². The van der Waals surface area contributed by atoms with E-state index in [0.29, 0.717) is 0 Å². The first-order valence-electron chi connectivity index (χ1n) is 18.8. The highest BCUT2D eigenvalue weighted by atomic mass is 14.8. The summed E-state index contributed by atoms with van der Waals surface area (Å²) in [6, 6.07) is 9.01. The minimum Gasteiger partial charge on any atom is -0.387 e. The zero-order chi connectivity index (χ0) is 37.8. The largest absolute Gasteiger partial charge is 0.387 e. The first kappa shape index (κ1) is 41.0. The molecule has 1 aliphatic heterocycles.